The molecule has 1 fully saturated rings. The summed E-state index contributed by atoms with van der Waals surface area (Å²) in [7, 11) is 0. The van der Waals surface area contributed by atoms with Crippen LogP contribution in [0.25, 0.3) is 0 Å². The van der Waals surface area contributed by atoms with Crippen molar-refractivity contribution in [2.24, 2.45) is 5.92 Å². The zero-order chi connectivity index (χ0) is 14.7. The lowest BCUT2D eigenvalue weighted by atomic mass is 10.0. The summed E-state index contributed by atoms with van der Waals surface area (Å²) < 4.78 is 0. The smallest absolute Gasteiger partial charge is 0.176 e. The summed E-state index contributed by atoms with van der Waals surface area (Å²) in [6.45, 7) is 10.3. The van der Waals surface area contributed by atoms with Crippen LogP contribution in [0.1, 0.15) is 62.4 Å². The molecule has 0 amide bonds. The van der Waals surface area contributed by atoms with E-state index in [1.807, 2.05) is 12.1 Å². The molecule has 0 N–H and O–H groups in total. The molecular weight excluding hydrogens is 246 g/mol. The number of carbonyl (C=O) groups excluding carboxylic acids is 1. The first-order valence-corrected chi connectivity index (χ1v) is 7.84. The third-order valence-electron chi connectivity index (χ3n) is 4.17. The number of carbonyl (C=O) groups is 1. The Morgan fingerprint density at radius 3 is 2.20 bits per heavy atom. The van der Waals surface area contributed by atoms with Gasteiger partial charge < -0.3 is 0 Å². The summed E-state index contributed by atoms with van der Waals surface area (Å²) in [4.78, 5) is 14.7. The first-order valence-electron chi connectivity index (χ1n) is 7.84. The molecule has 2 heteroatoms. The lowest BCUT2D eigenvalue weighted by Gasteiger charge is -2.25. The second-order valence-electron chi connectivity index (χ2n) is 6.67. The molecule has 1 aromatic carbocycles. The minimum absolute atomic E-state index is 0.245. The average molecular weight is 273 g/mol. The largest absolute Gasteiger partial charge is 0.293 e. The molecular formula is C18H27NO. The fourth-order valence-electron chi connectivity index (χ4n) is 2.42. The molecule has 1 aromatic rings. The Morgan fingerprint density at radius 1 is 1.15 bits per heavy atom. The van der Waals surface area contributed by atoms with Gasteiger partial charge in [0.1, 0.15) is 0 Å². The van der Waals surface area contributed by atoms with Crippen molar-refractivity contribution in [3.05, 3.63) is 35.4 Å². The fraction of sp³-hybridized carbons (Fsp3) is 0.611. The van der Waals surface area contributed by atoms with Gasteiger partial charge in [0, 0.05) is 18.2 Å². The van der Waals surface area contributed by atoms with E-state index in [1.54, 1.807) is 0 Å². The van der Waals surface area contributed by atoms with Gasteiger partial charge in [-0.3, -0.25) is 9.69 Å². The average Bonchev–Trinajstić information content (AvgIpc) is 3.21. The molecule has 0 atom stereocenters. The molecule has 2 rings (SSSR count). The second kappa shape index (κ2) is 6.53. The van der Waals surface area contributed by atoms with Crippen molar-refractivity contribution in [1.82, 2.24) is 4.90 Å². The van der Waals surface area contributed by atoms with E-state index in [9.17, 15) is 4.79 Å². The lowest BCUT2D eigenvalue weighted by molar-refractivity contribution is 0.0901. The van der Waals surface area contributed by atoms with E-state index in [-0.39, 0.29) is 5.78 Å². The summed E-state index contributed by atoms with van der Waals surface area (Å²) in [5, 5.41) is 0. The SMILES string of the molecule is CC(C)c1ccc(C(=O)CN(CC2CC2)C(C)C)cc1. The van der Waals surface area contributed by atoms with Crippen LogP contribution in [0, 0.1) is 5.92 Å². The quantitative estimate of drug-likeness (QED) is 0.697. The summed E-state index contributed by atoms with van der Waals surface area (Å²) in [6, 6.07) is 8.56. The molecule has 0 heterocycles. The Balaban J connectivity index is 1.98. The van der Waals surface area contributed by atoms with E-state index in [0.717, 1.165) is 18.0 Å². The van der Waals surface area contributed by atoms with Crippen LogP contribution in [0.2, 0.25) is 0 Å². The maximum Gasteiger partial charge on any atom is 0.176 e. The van der Waals surface area contributed by atoms with Gasteiger partial charge in [-0.15, -0.1) is 0 Å². The van der Waals surface area contributed by atoms with Gasteiger partial charge in [-0.25, -0.2) is 0 Å². The Hall–Kier alpha value is -1.15. The van der Waals surface area contributed by atoms with Crippen LogP contribution in [-0.4, -0.2) is 29.8 Å². The molecule has 0 saturated heterocycles. The van der Waals surface area contributed by atoms with Gasteiger partial charge in [-0.05, 0) is 44.1 Å². The van der Waals surface area contributed by atoms with Crippen LogP contribution in [0.5, 0.6) is 0 Å². The Kier molecular flexibility index (Phi) is 4.98. The Morgan fingerprint density at radius 2 is 1.75 bits per heavy atom. The Bertz CT molecular complexity index is 443. The second-order valence-corrected chi connectivity index (χ2v) is 6.67. The predicted molar refractivity (Wildman–Crippen MR) is 84.3 cm³/mol. The summed E-state index contributed by atoms with van der Waals surface area (Å²) in [6.07, 6.45) is 2.67. The normalized spacial score (nSPS) is 15.3. The highest BCUT2D eigenvalue weighted by molar-refractivity contribution is 5.97. The van der Waals surface area contributed by atoms with E-state index in [2.05, 4.69) is 44.7 Å². The minimum atomic E-state index is 0.245. The molecule has 2 nitrogen and oxygen atoms in total. The van der Waals surface area contributed by atoms with Crippen LogP contribution in [-0.2, 0) is 0 Å². The summed E-state index contributed by atoms with van der Waals surface area (Å²) >= 11 is 0. The molecule has 0 spiro atoms. The van der Waals surface area contributed by atoms with Gasteiger partial charge in [0.15, 0.2) is 5.78 Å². The number of benzene rings is 1. The third-order valence-corrected chi connectivity index (χ3v) is 4.17. The highest BCUT2D eigenvalue weighted by Gasteiger charge is 2.26. The van der Waals surface area contributed by atoms with Crippen molar-refractivity contribution in [2.45, 2.75) is 52.5 Å². The number of rotatable bonds is 7. The van der Waals surface area contributed by atoms with Crippen LogP contribution in [0.3, 0.4) is 0 Å². The van der Waals surface area contributed by atoms with Gasteiger partial charge >= 0.3 is 0 Å². The monoisotopic (exact) mass is 273 g/mol. The molecule has 0 aliphatic heterocycles. The molecule has 0 radical (unpaired) electrons. The van der Waals surface area contributed by atoms with Crippen LogP contribution >= 0.6 is 0 Å². The van der Waals surface area contributed by atoms with Crippen LogP contribution in [0.4, 0.5) is 0 Å². The van der Waals surface area contributed by atoms with E-state index in [0.29, 0.717) is 18.5 Å². The van der Waals surface area contributed by atoms with Crippen LogP contribution in [0.15, 0.2) is 24.3 Å². The topological polar surface area (TPSA) is 20.3 Å². The highest BCUT2D eigenvalue weighted by Crippen LogP contribution is 2.30. The first kappa shape index (κ1) is 15.2. The van der Waals surface area contributed by atoms with Gasteiger partial charge in [-0.2, -0.15) is 0 Å². The standard InChI is InChI=1S/C18H27NO/c1-13(2)16-7-9-17(10-8-16)18(20)12-19(14(3)4)11-15-5-6-15/h7-10,13-15H,5-6,11-12H2,1-4H3. The van der Waals surface area contributed by atoms with Crippen molar-refractivity contribution in [3.8, 4) is 0 Å². The van der Waals surface area contributed by atoms with Gasteiger partial charge in [-0.1, -0.05) is 38.1 Å². The number of nitrogens with zero attached hydrogens (tertiary/aromatic N) is 1. The van der Waals surface area contributed by atoms with E-state index >= 15 is 0 Å². The summed E-state index contributed by atoms with van der Waals surface area (Å²) in [5.74, 6) is 1.59. The molecule has 20 heavy (non-hydrogen) atoms. The molecule has 1 aliphatic carbocycles. The van der Waals surface area contributed by atoms with Crippen molar-refractivity contribution < 1.29 is 4.79 Å². The van der Waals surface area contributed by atoms with E-state index in [4.69, 9.17) is 0 Å². The first-order chi connectivity index (χ1) is 9.47. The van der Waals surface area contributed by atoms with Crippen molar-refractivity contribution in [2.75, 3.05) is 13.1 Å². The van der Waals surface area contributed by atoms with Crippen molar-refractivity contribution in [1.29, 1.82) is 0 Å². The third kappa shape index (κ3) is 4.17. The molecule has 0 unspecified atom stereocenters. The zero-order valence-electron chi connectivity index (χ0n) is 13.2. The zero-order valence-corrected chi connectivity index (χ0v) is 13.2. The lowest BCUT2D eigenvalue weighted by Crippen LogP contribution is -2.37. The minimum Gasteiger partial charge on any atom is -0.293 e. The van der Waals surface area contributed by atoms with Crippen molar-refractivity contribution in [3.63, 3.8) is 0 Å². The van der Waals surface area contributed by atoms with Crippen molar-refractivity contribution >= 4 is 5.78 Å². The number of hydrogen-bond acceptors (Lipinski definition) is 2. The van der Waals surface area contributed by atoms with Crippen LogP contribution < -0.4 is 0 Å². The maximum absolute atomic E-state index is 12.4. The highest BCUT2D eigenvalue weighted by atomic mass is 16.1. The molecule has 110 valence electrons. The number of Topliss-reactive ketones (excluding diaryl/α,β-unsaturated/α-hetero) is 1. The Labute approximate surface area is 123 Å². The number of ketones is 1. The molecule has 0 bridgehead atoms. The summed E-state index contributed by atoms with van der Waals surface area (Å²) in [5.41, 5.74) is 2.14. The van der Waals surface area contributed by atoms with Gasteiger partial charge in [0.2, 0.25) is 0 Å². The molecule has 0 aromatic heterocycles. The maximum atomic E-state index is 12.4. The fourth-order valence-corrected chi connectivity index (χ4v) is 2.42. The predicted octanol–water partition coefficient (Wildman–Crippen LogP) is 4.11. The number of hydrogen-bond donors (Lipinski definition) is 0. The van der Waals surface area contributed by atoms with E-state index in [1.165, 1.54) is 18.4 Å². The van der Waals surface area contributed by atoms with E-state index < -0.39 is 0 Å². The molecule has 1 aliphatic rings. The van der Waals surface area contributed by atoms with Gasteiger partial charge in [0.05, 0.1) is 6.54 Å². The van der Waals surface area contributed by atoms with Gasteiger partial charge in [0.25, 0.3) is 0 Å². The molecule has 1 saturated carbocycles.